The van der Waals surface area contributed by atoms with Gasteiger partial charge in [0.2, 0.25) is 0 Å². The second-order valence-corrected chi connectivity index (χ2v) is 17.0. The summed E-state index contributed by atoms with van der Waals surface area (Å²) < 4.78 is 5.95. The fourth-order valence-corrected chi connectivity index (χ4v) is 12.0. The minimum absolute atomic E-state index is 0.189. The second-order valence-electron chi connectivity index (χ2n) is 13.3. The second kappa shape index (κ2) is 10.0. The number of likely N-dealkylation sites (tertiary alicyclic amines) is 1. The number of hydrogen-bond donors (Lipinski definition) is 0. The number of piperidine rings is 1. The van der Waals surface area contributed by atoms with Crippen LogP contribution in [0.4, 0.5) is 5.69 Å². The Hall–Kier alpha value is -1.98. The average Bonchev–Trinajstić information content (AvgIpc) is 3.48. The molecule has 1 saturated heterocycles. The van der Waals surface area contributed by atoms with E-state index in [1.54, 1.807) is 25.4 Å². The maximum atomic E-state index is 6.09. The summed E-state index contributed by atoms with van der Waals surface area (Å²) in [6.45, 7) is 10.7. The molecule has 2 aromatic carbocycles. The van der Waals surface area contributed by atoms with Crippen LogP contribution in [0.3, 0.4) is 0 Å². The van der Waals surface area contributed by atoms with Crippen LogP contribution in [-0.4, -0.2) is 64.6 Å². The summed E-state index contributed by atoms with van der Waals surface area (Å²) in [5.74, 6) is 0. The van der Waals surface area contributed by atoms with Crippen molar-refractivity contribution in [1.82, 2.24) is 9.48 Å². The molecule has 3 aromatic rings. The number of benzene rings is 2. The normalized spacial score (nSPS) is 20.8. The van der Waals surface area contributed by atoms with Gasteiger partial charge < -0.3 is 0 Å². The van der Waals surface area contributed by atoms with Crippen LogP contribution in [0.5, 0.6) is 0 Å². The Bertz CT molecular complexity index is 1720. The Balaban J connectivity index is 1.39. The van der Waals surface area contributed by atoms with Crippen molar-refractivity contribution in [3.05, 3.63) is 72.9 Å². The molecular weight excluding hydrogens is 606 g/mol. The van der Waals surface area contributed by atoms with Crippen molar-refractivity contribution in [2.45, 2.75) is 70.6 Å². The minimum atomic E-state index is 0.189. The summed E-state index contributed by atoms with van der Waals surface area (Å²) in [6.07, 6.45) is 10.1. The first-order valence-corrected chi connectivity index (χ1v) is 18.6. The molecule has 212 valence electrons. The zero-order chi connectivity index (χ0) is 27.9. The van der Waals surface area contributed by atoms with Crippen molar-refractivity contribution >= 4 is 63.7 Å². The molecule has 0 spiro atoms. The molecule has 0 aliphatic carbocycles. The van der Waals surface area contributed by atoms with Crippen molar-refractivity contribution in [1.29, 1.82) is 0 Å². The molecule has 0 atom stereocenters. The van der Waals surface area contributed by atoms with Crippen molar-refractivity contribution in [2.75, 3.05) is 44.7 Å². The van der Waals surface area contributed by atoms with Crippen LogP contribution in [0.1, 0.15) is 84.4 Å². The third-order valence-electron chi connectivity index (χ3n) is 10.2. The summed E-state index contributed by atoms with van der Waals surface area (Å²) in [5.41, 5.74) is 9.41. The Labute approximate surface area is 260 Å². The number of fused-ring (bicyclic) bond motifs is 4. The van der Waals surface area contributed by atoms with E-state index in [0.717, 1.165) is 24.6 Å². The Kier molecular flexibility index (Phi) is 6.53. The molecule has 0 saturated carbocycles. The van der Waals surface area contributed by atoms with Crippen molar-refractivity contribution < 1.29 is 0 Å². The number of aryl methyl sites for hydroxylation is 1. The third kappa shape index (κ3) is 4.31. The standard InChI is InChI=1S/C35H40N3S2Se/c1-35(2)13-18-36(3)27-21-30-24(20-26(27)35)31(28-11-12-29(40-28)34(39)38-14-5-4-6-15-38)25-19-22-9-7-16-37-17-8-10-23(32(22)37)33(25)41-30/h11-12,19-21H,4-10,13-18H2,1-3H3/q+1. The van der Waals surface area contributed by atoms with Gasteiger partial charge in [0, 0.05) is 0 Å². The average molecular weight is 646 g/mol. The molecule has 3 nitrogen and oxygen atoms in total. The Morgan fingerprint density at radius 2 is 1.78 bits per heavy atom. The van der Waals surface area contributed by atoms with Gasteiger partial charge in [-0.3, -0.25) is 0 Å². The number of hydrogen-bond acceptors (Lipinski definition) is 3. The third-order valence-corrected chi connectivity index (χ3v) is 14.5. The molecule has 0 amide bonds. The summed E-state index contributed by atoms with van der Waals surface area (Å²) >= 11 is 8.34. The van der Waals surface area contributed by atoms with E-state index in [4.69, 9.17) is 12.2 Å². The summed E-state index contributed by atoms with van der Waals surface area (Å²) in [7, 11) is 2.29. The maximum absolute atomic E-state index is 6.09. The van der Waals surface area contributed by atoms with Gasteiger partial charge in [0.25, 0.3) is 0 Å². The predicted octanol–water partition coefficient (Wildman–Crippen LogP) is 3.63. The number of anilines is 1. The quantitative estimate of drug-likeness (QED) is 0.188. The summed E-state index contributed by atoms with van der Waals surface area (Å²) in [6, 6.07) is 12.5. The molecule has 0 unspecified atom stereocenters. The van der Waals surface area contributed by atoms with Crippen LogP contribution in [0.15, 0.2) is 30.3 Å². The molecule has 6 heteroatoms. The van der Waals surface area contributed by atoms with E-state index in [2.05, 4.69) is 65.6 Å². The van der Waals surface area contributed by atoms with E-state index < -0.39 is 0 Å². The number of thiophene rings is 1. The fourth-order valence-electron chi connectivity index (χ4n) is 7.90. The van der Waals surface area contributed by atoms with Crippen LogP contribution in [-0.2, 0) is 18.3 Å². The summed E-state index contributed by atoms with van der Waals surface area (Å²) in [4.78, 5) is 8.69. The Morgan fingerprint density at radius 1 is 0.976 bits per heavy atom. The van der Waals surface area contributed by atoms with Crippen molar-refractivity contribution in [3.63, 3.8) is 0 Å². The number of thiocarbonyl (C=S) groups is 1. The first-order valence-electron chi connectivity index (χ1n) is 15.7. The van der Waals surface area contributed by atoms with E-state index in [9.17, 15) is 0 Å². The van der Waals surface area contributed by atoms with Gasteiger partial charge in [0.1, 0.15) is 0 Å². The van der Waals surface area contributed by atoms with Gasteiger partial charge in [-0.25, -0.2) is 0 Å². The van der Waals surface area contributed by atoms with Crippen molar-refractivity contribution in [3.8, 4) is 0 Å². The van der Waals surface area contributed by atoms with Gasteiger partial charge in [0.15, 0.2) is 0 Å². The molecule has 8 rings (SSSR count). The molecule has 6 heterocycles. The topological polar surface area (TPSA) is 9.49 Å². The van der Waals surface area contributed by atoms with E-state index in [1.807, 2.05) is 11.3 Å². The SMILES string of the molecule is CN1CCC(C)(C)c2cc3c(cc21)[Se]c1c2c4c(cc1=C3c1ccc(C(=S)N3CCCCC3)s1)CCC[N+]=4CCC2. The van der Waals surface area contributed by atoms with Gasteiger partial charge in [-0.2, -0.15) is 0 Å². The molecule has 5 aliphatic rings. The van der Waals surface area contributed by atoms with Crippen LogP contribution >= 0.6 is 23.6 Å². The monoisotopic (exact) mass is 646 g/mol. The van der Waals surface area contributed by atoms with E-state index in [-0.39, 0.29) is 5.41 Å². The Morgan fingerprint density at radius 3 is 2.61 bits per heavy atom. The van der Waals surface area contributed by atoms with E-state index in [0.29, 0.717) is 15.0 Å². The molecule has 0 radical (unpaired) electrons. The number of nitrogens with zero attached hydrogens (tertiary/aromatic N) is 3. The van der Waals surface area contributed by atoms with Gasteiger partial charge in [0.05, 0.1) is 0 Å². The van der Waals surface area contributed by atoms with Crippen LogP contribution < -0.4 is 29.0 Å². The molecule has 1 fully saturated rings. The van der Waals surface area contributed by atoms with Gasteiger partial charge >= 0.3 is 261 Å². The fraction of sp³-hybridized carbons (Fsp3) is 0.486. The molecule has 5 aliphatic heterocycles. The zero-order valence-electron chi connectivity index (χ0n) is 24.6. The molecular formula is C35H40N3S2Se+. The first kappa shape index (κ1) is 26.6. The first-order chi connectivity index (χ1) is 19.9. The van der Waals surface area contributed by atoms with Crippen LogP contribution in [0.25, 0.3) is 5.57 Å². The molecule has 41 heavy (non-hydrogen) atoms. The zero-order valence-corrected chi connectivity index (χ0v) is 28.0. The van der Waals surface area contributed by atoms with E-state index >= 15 is 0 Å². The van der Waals surface area contributed by atoms with Gasteiger partial charge in [-0.1, -0.05) is 0 Å². The van der Waals surface area contributed by atoms with Crippen molar-refractivity contribution in [2.24, 2.45) is 0 Å². The van der Waals surface area contributed by atoms with Crippen LogP contribution in [0.2, 0.25) is 0 Å². The molecule has 0 N–H and O–H groups in total. The predicted molar refractivity (Wildman–Crippen MR) is 179 cm³/mol. The molecule has 1 aromatic heterocycles. The van der Waals surface area contributed by atoms with E-state index in [1.165, 1.54) is 102 Å². The number of rotatable bonds is 2. The van der Waals surface area contributed by atoms with Gasteiger partial charge in [-0.05, 0) is 0 Å². The summed E-state index contributed by atoms with van der Waals surface area (Å²) in [5, 5.41) is 3.15. The van der Waals surface area contributed by atoms with Crippen LogP contribution in [0, 0.1) is 0 Å². The van der Waals surface area contributed by atoms with Gasteiger partial charge in [-0.15, -0.1) is 0 Å². The molecule has 0 bridgehead atoms.